The summed E-state index contributed by atoms with van der Waals surface area (Å²) in [6.45, 7) is 5.56. The fourth-order valence-electron chi connectivity index (χ4n) is 3.09. The number of esters is 1. The summed E-state index contributed by atoms with van der Waals surface area (Å²) >= 11 is 0. The van der Waals surface area contributed by atoms with Crippen molar-refractivity contribution in [2.75, 3.05) is 26.1 Å². The summed E-state index contributed by atoms with van der Waals surface area (Å²) in [6, 6.07) is 11.8. The first-order valence-electron chi connectivity index (χ1n) is 9.90. The molecule has 0 spiro atoms. The van der Waals surface area contributed by atoms with Crippen molar-refractivity contribution in [2.24, 2.45) is 0 Å². The Bertz CT molecular complexity index is 1220. The third kappa shape index (κ3) is 4.91. The predicted molar refractivity (Wildman–Crippen MR) is 120 cm³/mol. The van der Waals surface area contributed by atoms with Crippen LogP contribution in [0.1, 0.15) is 36.7 Å². The lowest BCUT2D eigenvalue weighted by molar-refractivity contribution is -0.119. The number of anilines is 1. The summed E-state index contributed by atoms with van der Waals surface area (Å²) in [4.78, 5) is 37.1. The Morgan fingerprint density at radius 1 is 1.00 bits per heavy atom. The molecule has 2 aromatic carbocycles. The summed E-state index contributed by atoms with van der Waals surface area (Å²) in [5.41, 5.74) is 0.344. The number of hydrogen-bond acceptors (Lipinski definition) is 7. The fourth-order valence-corrected chi connectivity index (χ4v) is 3.09. The van der Waals surface area contributed by atoms with Gasteiger partial charge in [-0.25, -0.2) is 9.59 Å². The summed E-state index contributed by atoms with van der Waals surface area (Å²) in [7, 11) is 2.94. The molecule has 0 unspecified atom stereocenters. The van der Waals surface area contributed by atoms with Crippen LogP contribution in [0.15, 0.2) is 51.7 Å². The van der Waals surface area contributed by atoms with Crippen LogP contribution in [0.2, 0.25) is 0 Å². The lowest BCUT2D eigenvalue weighted by atomic mass is 9.87. The van der Waals surface area contributed by atoms with E-state index in [1.165, 1.54) is 20.3 Å². The van der Waals surface area contributed by atoms with Crippen LogP contribution in [-0.2, 0) is 14.9 Å². The highest BCUT2D eigenvalue weighted by Crippen LogP contribution is 2.31. The Balaban J connectivity index is 1.74. The molecule has 8 nitrogen and oxygen atoms in total. The number of fused-ring (bicyclic) bond motifs is 1. The van der Waals surface area contributed by atoms with Crippen LogP contribution >= 0.6 is 0 Å². The van der Waals surface area contributed by atoms with E-state index in [4.69, 9.17) is 18.6 Å². The SMILES string of the molecule is COc1ccc(C(C)(C)C)cc1NC(=O)COC(=O)c1cc2cccc(OC)c2oc1=O. The summed E-state index contributed by atoms with van der Waals surface area (Å²) in [6.07, 6.45) is 0. The van der Waals surface area contributed by atoms with Crippen LogP contribution in [0.3, 0.4) is 0 Å². The molecule has 1 N–H and O–H groups in total. The lowest BCUT2D eigenvalue weighted by Crippen LogP contribution is -2.24. The van der Waals surface area contributed by atoms with Crippen molar-refractivity contribution in [2.45, 2.75) is 26.2 Å². The van der Waals surface area contributed by atoms with E-state index in [1.807, 2.05) is 32.9 Å². The average Bonchev–Trinajstić information content (AvgIpc) is 2.76. The predicted octanol–water partition coefficient (Wildman–Crippen LogP) is 3.90. The standard InChI is InChI=1S/C24H25NO7/c1-24(2,3)15-9-10-18(29-4)17(12-15)25-20(26)13-31-22(27)16-11-14-7-6-8-19(30-5)21(14)32-23(16)28/h6-12H,13H2,1-5H3,(H,25,26). The summed E-state index contributed by atoms with van der Waals surface area (Å²) in [5, 5.41) is 3.17. The van der Waals surface area contributed by atoms with E-state index >= 15 is 0 Å². The van der Waals surface area contributed by atoms with Crippen LogP contribution in [0, 0.1) is 0 Å². The van der Waals surface area contributed by atoms with Gasteiger partial charge >= 0.3 is 11.6 Å². The van der Waals surface area contributed by atoms with Crippen molar-refractivity contribution in [3.63, 3.8) is 0 Å². The van der Waals surface area contributed by atoms with Crippen LogP contribution in [0.25, 0.3) is 11.0 Å². The van der Waals surface area contributed by atoms with Crippen LogP contribution in [0.5, 0.6) is 11.5 Å². The molecule has 0 aliphatic rings. The number of carbonyl (C=O) groups excluding carboxylic acids is 2. The van der Waals surface area contributed by atoms with E-state index < -0.39 is 24.1 Å². The first kappa shape index (κ1) is 22.9. The van der Waals surface area contributed by atoms with E-state index in [0.717, 1.165) is 5.56 Å². The third-order valence-corrected chi connectivity index (χ3v) is 4.84. The zero-order valence-corrected chi connectivity index (χ0v) is 18.6. The second-order valence-electron chi connectivity index (χ2n) is 8.12. The average molecular weight is 439 g/mol. The number of amides is 1. The van der Waals surface area contributed by atoms with Crippen molar-refractivity contribution in [1.29, 1.82) is 0 Å². The molecule has 0 aliphatic heterocycles. The van der Waals surface area contributed by atoms with E-state index in [9.17, 15) is 14.4 Å². The molecule has 0 aliphatic carbocycles. The van der Waals surface area contributed by atoms with Gasteiger partial charge in [0, 0.05) is 5.39 Å². The van der Waals surface area contributed by atoms with Gasteiger partial charge in [-0.15, -0.1) is 0 Å². The zero-order valence-electron chi connectivity index (χ0n) is 18.6. The molecule has 1 amide bonds. The van der Waals surface area contributed by atoms with Crippen molar-refractivity contribution in [3.05, 3.63) is 64.0 Å². The van der Waals surface area contributed by atoms with Gasteiger partial charge in [0.05, 0.1) is 19.9 Å². The minimum absolute atomic E-state index is 0.134. The minimum atomic E-state index is -0.964. The van der Waals surface area contributed by atoms with Crippen LogP contribution < -0.4 is 20.4 Å². The molecule has 1 aromatic heterocycles. The van der Waals surface area contributed by atoms with Crippen molar-refractivity contribution < 1.29 is 28.2 Å². The van der Waals surface area contributed by atoms with Crippen LogP contribution in [0.4, 0.5) is 5.69 Å². The smallest absolute Gasteiger partial charge is 0.351 e. The van der Waals surface area contributed by atoms with Crippen LogP contribution in [-0.4, -0.2) is 32.7 Å². The van der Waals surface area contributed by atoms with E-state index in [0.29, 0.717) is 22.6 Å². The molecule has 0 atom stereocenters. The molecule has 1 heterocycles. The number of nitrogens with one attached hydrogen (secondary N) is 1. The van der Waals surface area contributed by atoms with Gasteiger partial charge in [0.25, 0.3) is 5.91 Å². The van der Waals surface area contributed by atoms with Gasteiger partial charge < -0.3 is 23.9 Å². The Labute approximate surface area is 185 Å². The first-order chi connectivity index (χ1) is 15.1. The maximum absolute atomic E-state index is 12.4. The Morgan fingerprint density at radius 3 is 2.38 bits per heavy atom. The quantitative estimate of drug-likeness (QED) is 0.459. The molecule has 0 saturated heterocycles. The van der Waals surface area contributed by atoms with Gasteiger partial charge in [0.2, 0.25) is 0 Å². The Kier molecular flexibility index (Phi) is 6.53. The molecule has 0 radical (unpaired) electrons. The van der Waals surface area contributed by atoms with Gasteiger partial charge in [-0.05, 0) is 35.2 Å². The van der Waals surface area contributed by atoms with Gasteiger partial charge in [-0.1, -0.05) is 39.0 Å². The fraction of sp³-hybridized carbons (Fsp3) is 0.292. The molecule has 32 heavy (non-hydrogen) atoms. The summed E-state index contributed by atoms with van der Waals surface area (Å²) in [5.74, 6) is -0.698. The highest BCUT2D eigenvalue weighted by Gasteiger charge is 2.20. The topological polar surface area (TPSA) is 104 Å². The Hall–Kier alpha value is -3.81. The Morgan fingerprint density at radius 2 is 1.72 bits per heavy atom. The molecular formula is C24H25NO7. The number of ether oxygens (including phenoxy) is 3. The number of para-hydroxylation sites is 1. The molecule has 168 valence electrons. The van der Waals surface area contributed by atoms with Gasteiger partial charge in [-0.3, -0.25) is 4.79 Å². The molecule has 8 heteroatoms. The summed E-state index contributed by atoms with van der Waals surface area (Å²) < 4.78 is 20.7. The highest BCUT2D eigenvalue weighted by molar-refractivity contribution is 5.97. The maximum Gasteiger partial charge on any atom is 0.351 e. The first-order valence-corrected chi connectivity index (χ1v) is 9.90. The highest BCUT2D eigenvalue weighted by atomic mass is 16.5. The minimum Gasteiger partial charge on any atom is -0.495 e. The normalized spacial score (nSPS) is 11.2. The molecular weight excluding hydrogens is 414 g/mol. The second kappa shape index (κ2) is 9.13. The molecule has 3 rings (SSSR count). The van der Waals surface area contributed by atoms with E-state index in [-0.39, 0.29) is 16.6 Å². The monoisotopic (exact) mass is 439 g/mol. The number of methoxy groups -OCH3 is 2. The van der Waals surface area contributed by atoms with E-state index in [1.54, 1.807) is 24.3 Å². The van der Waals surface area contributed by atoms with Gasteiger partial charge in [-0.2, -0.15) is 0 Å². The number of benzene rings is 2. The molecule has 0 saturated carbocycles. The second-order valence-corrected chi connectivity index (χ2v) is 8.12. The number of carbonyl (C=O) groups is 2. The van der Waals surface area contributed by atoms with Crippen molar-refractivity contribution in [3.8, 4) is 11.5 Å². The molecule has 0 bridgehead atoms. The van der Waals surface area contributed by atoms with E-state index in [2.05, 4.69) is 5.32 Å². The maximum atomic E-state index is 12.4. The van der Waals surface area contributed by atoms with Gasteiger partial charge in [0.15, 0.2) is 17.9 Å². The van der Waals surface area contributed by atoms with Crippen molar-refractivity contribution >= 4 is 28.5 Å². The van der Waals surface area contributed by atoms with Crippen molar-refractivity contribution in [1.82, 2.24) is 0 Å². The third-order valence-electron chi connectivity index (χ3n) is 4.84. The number of hydrogen-bond donors (Lipinski definition) is 1. The lowest BCUT2D eigenvalue weighted by Gasteiger charge is -2.21. The molecule has 3 aromatic rings. The number of rotatable bonds is 6. The zero-order chi connectivity index (χ0) is 23.5. The van der Waals surface area contributed by atoms with Gasteiger partial charge in [0.1, 0.15) is 11.3 Å². The largest absolute Gasteiger partial charge is 0.495 e. The molecule has 0 fully saturated rings.